The molecule has 1 aliphatic rings. The first kappa shape index (κ1) is 35.9. The molecule has 4 aromatic carbocycles. The van der Waals surface area contributed by atoms with E-state index in [1.54, 1.807) is 97.1 Å². The van der Waals surface area contributed by atoms with Gasteiger partial charge in [0.25, 0.3) is 0 Å². The third kappa shape index (κ3) is 11.3. The smallest absolute Gasteiger partial charge is 0.357 e. The van der Waals surface area contributed by atoms with Crippen molar-refractivity contribution in [2.45, 2.75) is 12.8 Å². The van der Waals surface area contributed by atoms with Crippen molar-refractivity contribution >= 4 is 23.9 Å². The van der Waals surface area contributed by atoms with Crippen LogP contribution in [0.25, 0.3) is 0 Å². The van der Waals surface area contributed by atoms with Crippen molar-refractivity contribution < 1.29 is 38.5 Å². The van der Waals surface area contributed by atoms with Gasteiger partial charge in [0.05, 0.1) is 48.4 Å². The number of nitrogens with zero attached hydrogens (tertiary/aromatic N) is 4. The molecule has 0 spiro atoms. The van der Waals surface area contributed by atoms with E-state index in [4.69, 9.17) is 19.4 Å². The SMILES string of the molecule is O=C(ON1CCCN(OC(=O)c2ccccc2)CCN(OC(=O)c2ccccc2)CCCN(OC(=O)c2ccccc2)CC1)c1ccccc1. The van der Waals surface area contributed by atoms with Gasteiger partial charge in [-0.05, 0) is 61.4 Å². The predicted octanol–water partition coefficient (Wildman–Crippen LogP) is 5.08. The highest BCUT2D eigenvalue weighted by Crippen LogP contribution is 2.12. The maximum absolute atomic E-state index is 13.0. The lowest BCUT2D eigenvalue weighted by atomic mass is 10.2. The minimum absolute atomic E-state index is 0.206. The molecule has 0 amide bonds. The molecule has 0 radical (unpaired) electrons. The van der Waals surface area contributed by atoms with Crippen LogP contribution in [0.15, 0.2) is 121 Å². The van der Waals surface area contributed by atoms with Gasteiger partial charge in [-0.25, -0.2) is 19.2 Å². The number of hydroxylamine groups is 8. The first-order chi connectivity index (χ1) is 24.4. The summed E-state index contributed by atoms with van der Waals surface area (Å²) >= 11 is 0. The fraction of sp³-hybridized carbons (Fsp3) is 0.263. The molecular weight excluding hydrogens is 640 g/mol. The Hall–Kier alpha value is -5.40. The first-order valence-electron chi connectivity index (χ1n) is 16.5. The Morgan fingerprint density at radius 2 is 0.520 bits per heavy atom. The second kappa shape index (κ2) is 19.0. The lowest BCUT2D eigenvalue weighted by Crippen LogP contribution is -2.43. The van der Waals surface area contributed by atoms with Crippen LogP contribution < -0.4 is 0 Å². The molecular formula is C38H40N4O8. The molecule has 0 unspecified atom stereocenters. The zero-order valence-corrected chi connectivity index (χ0v) is 27.7. The lowest BCUT2D eigenvalue weighted by molar-refractivity contribution is -0.167. The van der Waals surface area contributed by atoms with Gasteiger partial charge < -0.3 is 19.4 Å². The summed E-state index contributed by atoms with van der Waals surface area (Å²) in [5, 5.41) is 6.09. The molecule has 1 heterocycles. The van der Waals surface area contributed by atoms with Crippen molar-refractivity contribution in [2.24, 2.45) is 0 Å². The zero-order chi connectivity index (χ0) is 35.0. The normalized spacial score (nSPS) is 16.0. The van der Waals surface area contributed by atoms with Gasteiger partial charge >= 0.3 is 23.9 Å². The number of benzene rings is 4. The molecule has 12 heteroatoms. The highest BCUT2D eigenvalue weighted by molar-refractivity contribution is 5.90. The largest absolute Gasteiger partial charge is 0.364 e. The summed E-state index contributed by atoms with van der Waals surface area (Å²) in [6.45, 7) is 1.95. The van der Waals surface area contributed by atoms with Gasteiger partial charge in [-0.2, -0.15) is 0 Å². The van der Waals surface area contributed by atoms with Crippen molar-refractivity contribution in [3.63, 3.8) is 0 Å². The maximum Gasteiger partial charge on any atom is 0.357 e. The number of rotatable bonds is 8. The number of hydrogen-bond donors (Lipinski definition) is 0. The van der Waals surface area contributed by atoms with Crippen molar-refractivity contribution in [3.05, 3.63) is 144 Å². The maximum atomic E-state index is 13.0. The Morgan fingerprint density at radius 1 is 0.320 bits per heavy atom. The van der Waals surface area contributed by atoms with Gasteiger partial charge in [-0.15, -0.1) is 20.3 Å². The van der Waals surface area contributed by atoms with Crippen LogP contribution in [-0.4, -0.2) is 96.5 Å². The van der Waals surface area contributed by atoms with Crippen LogP contribution in [-0.2, 0) is 19.4 Å². The summed E-state index contributed by atoms with van der Waals surface area (Å²) in [7, 11) is 0. The van der Waals surface area contributed by atoms with Gasteiger partial charge in [0.2, 0.25) is 0 Å². The van der Waals surface area contributed by atoms with Crippen LogP contribution in [0.1, 0.15) is 54.3 Å². The molecule has 0 saturated carbocycles. The predicted molar refractivity (Wildman–Crippen MR) is 183 cm³/mol. The van der Waals surface area contributed by atoms with Crippen LogP contribution in [0.4, 0.5) is 0 Å². The summed E-state index contributed by atoms with van der Waals surface area (Å²) in [5.41, 5.74) is 1.57. The molecule has 0 aromatic heterocycles. The van der Waals surface area contributed by atoms with E-state index in [0.717, 1.165) is 0 Å². The van der Waals surface area contributed by atoms with Crippen molar-refractivity contribution in [1.29, 1.82) is 0 Å². The third-order valence-electron chi connectivity index (χ3n) is 7.71. The van der Waals surface area contributed by atoms with E-state index in [1.807, 2.05) is 24.3 Å². The molecule has 0 N–H and O–H groups in total. The van der Waals surface area contributed by atoms with Gasteiger partial charge in [0.15, 0.2) is 0 Å². The highest BCUT2D eigenvalue weighted by atomic mass is 16.7. The average Bonchev–Trinajstić information content (AvgIpc) is 3.16. The number of hydrogen-bond acceptors (Lipinski definition) is 12. The second-order valence-electron chi connectivity index (χ2n) is 11.4. The van der Waals surface area contributed by atoms with Crippen molar-refractivity contribution in [2.75, 3.05) is 52.4 Å². The molecule has 50 heavy (non-hydrogen) atoms. The summed E-state index contributed by atoms with van der Waals surface area (Å²) < 4.78 is 0. The Kier molecular flexibility index (Phi) is 13.6. The summed E-state index contributed by atoms with van der Waals surface area (Å²) in [5.74, 6) is -2.10. The third-order valence-corrected chi connectivity index (χ3v) is 7.71. The molecule has 1 saturated heterocycles. The van der Waals surface area contributed by atoms with Crippen LogP contribution in [0.3, 0.4) is 0 Å². The van der Waals surface area contributed by atoms with Crippen LogP contribution in [0, 0.1) is 0 Å². The average molecular weight is 681 g/mol. The van der Waals surface area contributed by atoms with Gasteiger partial charge in [-0.1, -0.05) is 72.8 Å². The molecule has 0 aliphatic carbocycles. The van der Waals surface area contributed by atoms with Gasteiger partial charge in [-0.3, -0.25) is 0 Å². The molecule has 12 nitrogen and oxygen atoms in total. The summed E-state index contributed by atoms with van der Waals surface area (Å²) in [4.78, 5) is 75.3. The Morgan fingerprint density at radius 3 is 0.720 bits per heavy atom. The van der Waals surface area contributed by atoms with E-state index in [-0.39, 0.29) is 52.4 Å². The summed E-state index contributed by atoms with van der Waals surface area (Å²) in [6.07, 6.45) is 0.857. The van der Waals surface area contributed by atoms with E-state index in [2.05, 4.69) is 0 Å². The number of carbonyl (C=O) groups excluding carboxylic acids is 4. The quantitative estimate of drug-likeness (QED) is 0.247. The highest BCUT2D eigenvalue weighted by Gasteiger charge is 2.23. The molecule has 1 fully saturated rings. The van der Waals surface area contributed by atoms with Crippen LogP contribution >= 0.6 is 0 Å². The molecule has 0 bridgehead atoms. The van der Waals surface area contributed by atoms with Gasteiger partial charge in [0.1, 0.15) is 0 Å². The Labute approximate surface area is 291 Å². The standard InChI is InChI=1S/C38H40N4O8/c43-35(31-15-5-1-6-16-31)47-39-23-13-24-41(49-37(45)33-19-9-3-10-20-33)29-30-42(50-38(46)34-21-11-4-12-22-34)26-14-25-40(28-27-39)48-36(44)32-17-7-2-8-18-32/h1-12,15-22H,13-14,23-30H2. The van der Waals surface area contributed by atoms with E-state index >= 15 is 0 Å². The fourth-order valence-electron chi connectivity index (χ4n) is 5.08. The lowest BCUT2D eigenvalue weighted by Gasteiger charge is -2.29. The van der Waals surface area contributed by atoms with Gasteiger partial charge in [0, 0.05) is 26.2 Å². The fourth-order valence-corrected chi connectivity index (χ4v) is 5.08. The van der Waals surface area contributed by atoms with Crippen LogP contribution in [0.2, 0.25) is 0 Å². The minimum atomic E-state index is -0.525. The summed E-state index contributed by atoms with van der Waals surface area (Å²) in [6, 6.07) is 34.6. The Balaban J connectivity index is 1.34. The zero-order valence-electron chi connectivity index (χ0n) is 27.7. The minimum Gasteiger partial charge on any atom is -0.364 e. The van der Waals surface area contributed by atoms with Crippen molar-refractivity contribution in [3.8, 4) is 0 Å². The molecule has 1 aliphatic heterocycles. The van der Waals surface area contributed by atoms with E-state index in [9.17, 15) is 19.2 Å². The van der Waals surface area contributed by atoms with E-state index in [0.29, 0.717) is 35.1 Å². The molecule has 260 valence electrons. The van der Waals surface area contributed by atoms with Crippen molar-refractivity contribution in [1.82, 2.24) is 20.3 Å². The van der Waals surface area contributed by atoms with E-state index < -0.39 is 23.9 Å². The number of carbonyl (C=O) groups is 4. The van der Waals surface area contributed by atoms with E-state index in [1.165, 1.54) is 20.3 Å². The molecule has 5 rings (SSSR count). The second-order valence-corrected chi connectivity index (χ2v) is 11.4. The van der Waals surface area contributed by atoms with Crippen LogP contribution in [0.5, 0.6) is 0 Å². The molecule has 0 atom stereocenters. The Bertz CT molecular complexity index is 1410. The first-order valence-corrected chi connectivity index (χ1v) is 16.5. The topological polar surface area (TPSA) is 118 Å². The molecule has 4 aromatic rings. The monoisotopic (exact) mass is 680 g/mol.